The average Bonchev–Trinajstić information content (AvgIpc) is 2.59. The highest BCUT2D eigenvalue weighted by Gasteiger charge is 2.19. The van der Waals surface area contributed by atoms with Crippen LogP contribution in [0.4, 0.5) is 0 Å². The number of hydrogen-bond donors (Lipinski definition) is 1. The van der Waals surface area contributed by atoms with Gasteiger partial charge in [0.05, 0.1) is 13.2 Å². The first-order valence-corrected chi connectivity index (χ1v) is 4.96. The van der Waals surface area contributed by atoms with E-state index in [1.807, 2.05) is 0 Å². The standard InChI is InChI=1S/C9H18N2O.2ClH/c1-2-10-7-9(1)8-11-3-5-12-6-4-11;;/h9-10H,1-8H2;2*1H. The quantitative estimate of drug-likeness (QED) is 0.775. The number of halogens is 2. The largest absolute Gasteiger partial charge is 0.379 e. The van der Waals surface area contributed by atoms with Crippen LogP contribution in [0.5, 0.6) is 0 Å². The smallest absolute Gasteiger partial charge is 0.0594 e. The summed E-state index contributed by atoms with van der Waals surface area (Å²) in [4.78, 5) is 2.53. The number of morpholine rings is 1. The zero-order valence-corrected chi connectivity index (χ0v) is 10.0. The van der Waals surface area contributed by atoms with Crippen LogP contribution in [0.25, 0.3) is 0 Å². The van der Waals surface area contributed by atoms with Gasteiger partial charge in [-0.05, 0) is 25.4 Å². The summed E-state index contributed by atoms with van der Waals surface area (Å²) >= 11 is 0. The molecule has 0 saturated carbocycles. The van der Waals surface area contributed by atoms with Gasteiger partial charge in [-0.3, -0.25) is 4.90 Å². The minimum absolute atomic E-state index is 0. The van der Waals surface area contributed by atoms with Crippen LogP contribution >= 0.6 is 24.8 Å². The molecule has 14 heavy (non-hydrogen) atoms. The number of ether oxygens (including phenoxy) is 1. The van der Waals surface area contributed by atoms with Gasteiger partial charge in [-0.25, -0.2) is 0 Å². The summed E-state index contributed by atoms with van der Waals surface area (Å²) in [6, 6.07) is 0. The van der Waals surface area contributed by atoms with E-state index in [0.717, 1.165) is 32.2 Å². The van der Waals surface area contributed by atoms with E-state index in [1.54, 1.807) is 0 Å². The Morgan fingerprint density at radius 1 is 1.21 bits per heavy atom. The van der Waals surface area contributed by atoms with Crippen molar-refractivity contribution in [3.63, 3.8) is 0 Å². The maximum atomic E-state index is 5.31. The van der Waals surface area contributed by atoms with Crippen molar-refractivity contribution >= 4 is 24.8 Å². The molecule has 2 fully saturated rings. The van der Waals surface area contributed by atoms with Crippen molar-refractivity contribution in [3.05, 3.63) is 0 Å². The molecule has 2 aliphatic rings. The lowest BCUT2D eigenvalue weighted by Gasteiger charge is -2.28. The van der Waals surface area contributed by atoms with E-state index in [9.17, 15) is 0 Å². The highest BCUT2D eigenvalue weighted by atomic mass is 35.5. The third-order valence-corrected chi connectivity index (χ3v) is 2.78. The summed E-state index contributed by atoms with van der Waals surface area (Å²) in [7, 11) is 0. The first kappa shape index (κ1) is 14.5. The second-order valence-corrected chi connectivity index (χ2v) is 3.77. The highest BCUT2D eigenvalue weighted by molar-refractivity contribution is 5.85. The van der Waals surface area contributed by atoms with E-state index in [4.69, 9.17) is 4.74 Å². The fourth-order valence-corrected chi connectivity index (χ4v) is 2.02. The van der Waals surface area contributed by atoms with Crippen molar-refractivity contribution in [2.75, 3.05) is 45.9 Å². The third-order valence-electron chi connectivity index (χ3n) is 2.78. The predicted octanol–water partition coefficient (Wildman–Crippen LogP) is 0.772. The van der Waals surface area contributed by atoms with Gasteiger partial charge < -0.3 is 10.1 Å². The topological polar surface area (TPSA) is 24.5 Å². The van der Waals surface area contributed by atoms with E-state index in [1.165, 1.54) is 26.1 Å². The number of rotatable bonds is 2. The summed E-state index contributed by atoms with van der Waals surface area (Å²) in [5.74, 6) is 0.892. The molecule has 86 valence electrons. The zero-order chi connectivity index (χ0) is 8.23. The number of nitrogens with zero attached hydrogens (tertiary/aromatic N) is 1. The van der Waals surface area contributed by atoms with Crippen LogP contribution in [-0.2, 0) is 4.74 Å². The van der Waals surface area contributed by atoms with Gasteiger partial charge in [0.25, 0.3) is 0 Å². The van der Waals surface area contributed by atoms with Crippen LogP contribution < -0.4 is 5.32 Å². The fourth-order valence-electron chi connectivity index (χ4n) is 2.02. The SMILES string of the molecule is C1CC(CN2CCOCC2)CN1.Cl.Cl. The molecule has 3 nitrogen and oxygen atoms in total. The van der Waals surface area contributed by atoms with Crippen molar-refractivity contribution in [3.8, 4) is 0 Å². The highest BCUT2D eigenvalue weighted by Crippen LogP contribution is 2.10. The van der Waals surface area contributed by atoms with Gasteiger partial charge in [0, 0.05) is 19.6 Å². The molecular formula is C9H20Cl2N2O. The summed E-state index contributed by atoms with van der Waals surface area (Å²) in [5, 5.41) is 3.40. The van der Waals surface area contributed by atoms with Crippen molar-refractivity contribution < 1.29 is 4.74 Å². The molecule has 2 aliphatic heterocycles. The van der Waals surface area contributed by atoms with Gasteiger partial charge in [0.1, 0.15) is 0 Å². The van der Waals surface area contributed by atoms with Crippen LogP contribution in [0, 0.1) is 5.92 Å². The predicted molar refractivity (Wildman–Crippen MR) is 62.7 cm³/mol. The zero-order valence-electron chi connectivity index (χ0n) is 8.41. The molecule has 0 aromatic carbocycles. The Morgan fingerprint density at radius 3 is 2.50 bits per heavy atom. The van der Waals surface area contributed by atoms with Gasteiger partial charge >= 0.3 is 0 Å². The lowest BCUT2D eigenvalue weighted by atomic mass is 10.1. The minimum atomic E-state index is 0. The van der Waals surface area contributed by atoms with Gasteiger partial charge in [0.2, 0.25) is 0 Å². The lowest BCUT2D eigenvalue weighted by molar-refractivity contribution is 0.0319. The molecule has 0 spiro atoms. The maximum absolute atomic E-state index is 5.31. The summed E-state index contributed by atoms with van der Waals surface area (Å²) < 4.78 is 5.31. The fraction of sp³-hybridized carbons (Fsp3) is 1.00. The molecule has 0 aromatic rings. The minimum Gasteiger partial charge on any atom is -0.379 e. The van der Waals surface area contributed by atoms with Gasteiger partial charge in [-0.2, -0.15) is 0 Å². The van der Waals surface area contributed by atoms with Crippen molar-refractivity contribution in [1.82, 2.24) is 10.2 Å². The van der Waals surface area contributed by atoms with Crippen LogP contribution in [0.1, 0.15) is 6.42 Å². The molecule has 0 amide bonds. The van der Waals surface area contributed by atoms with Gasteiger partial charge in [0.15, 0.2) is 0 Å². The number of hydrogen-bond acceptors (Lipinski definition) is 3. The molecule has 0 radical (unpaired) electrons. The van der Waals surface area contributed by atoms with Crippen LogP contribution in [0.2, 0.25) is 0 Å². The first-order chi connectivity index (χ1) is 5.95. The molecule has 1 atom stereocenters. The molecule has 5 heteroatoms. The molecule has 1 unspecified atom stereocenters. The molecule has 1 N–H and O–H groups in total. The Kier molecular flexibility index (Phi) is 7.97. The Balaban J connectivity index is 0.000000845. The molecule has 2 saturated heterocycles. The van der Waals surface area contributed by atoms with Crippen LogP contribution in [0.15, 0.2) is 0 Å². The molecular weight excluding hydrogens is 223 g/mol. The van der Waals surface area contributed by atoms with Crippen LogP contribution in [0.3, 0.4) is 0 Å². The molecule has 0 aliphatic carbocycles. The van der Waals surface area contributed by atoms with E-state index < -0.39 is 0 Å². The Bertz CT molecular complexity index is 137. The third kappa shape index (κ3) is 4.32. The van der Waals surface area contributed by atoms with Gasteiger partial charge in [-0.15, -0.1) is 24.8 Å². The summed E-state index contributed by atoms with van der Waals surface area (Å²) in [5.41, 5.74) is 0. The Labute approximate surface area is 98.4 Å². The van der Waals surface area contributed by atoms with E-state index >= 15 is 0 Å². The molecule has 0 bridgehead atoms. The second-order valence-electron chi connectivity index (χ2n) is 3.77. The Morgan fingerprint density at radius 2 is 1.93 bits per heavy atom. The summed E-state index contributed by atoms with van der Waals surface area (Å²) in [6.45, 7) is 7.84. The van der Waals surface area contributed by atoms with Crippen molar-refractivity contribution in [1.29, 1.82) is 0 Å². The van der Waals surface area contributed by atoms with Gasteiger partial charge in [-0.1, -0.05) is 0 Å². The van der Waals surface area contributed by atoms with E-state index in [2.05, 4.69) is 10.2 Å². The van der Waals surface area contributed by atoms with Crippen LogP contribution in [-0.4, -0.2) is 50.8 Å². The number of nitrogens with one attached hydrogen (secondary N) is 1. The second kappa shape index (κ2) is 7.71. The lowest BCUT2D eigenvalue weighted by Crippen LogP contribution is -2.39. The molecule has 2 heterocycles. The Hall–Kier alpha value is 0.460. The first-order valence-electron chi connectivity index (χ1n) is 4.96. The maximum Gasteiger partial charge on any atom is 0.0594 e. The summed E-state index contributed by atoms with van der Waals surface area (Å²) in [6.07, 6.45) is 1.36. The van der Waals surface area contributed by atoms with Crippen molar-refractivity contribution in [2.45, 2.75) is 6.42 Å². The molecule has 0 aromatic heterocycles. The van der Waals surface area contributed by atoms with Crippen molar-refractivity contribution in [2.24, 2.45) is 5.92 Å². The average molecular weight is 243 g/mol. The van der Waals surface area contributed by atoms with E-state index in [-0.39, 0.29) is 24.8 Å². The molecule has 2 rings (SSSR count). The normalized spacial score (nSPS) is 27.9. The monoisotopic (exact) mass is 242 g/mol. The van der Waals surface area contributed by atoms with E-state index in [0.29, 0.717) is 0 Å².